The summed E-state index contributed by atoms with van der Waals surface area (Å²) in [5.41, 5.74) is 7.44. The second kappa shape index (κ2) is 14.6. The molecule has 1 N–H and O–H groups in total. The number of halogens is 2. The Labute approximate surface area is 296 Å². The second-order valence-corrected chi connectivity index (χ2v) is 13.5. The molecule has 0 saturated carbocycles. The lowest BCUT2D eigenvalue weighted by Crippen LogP contribution is -2.46. The third-order valence-electron chi connectivity index (χ3n) is 8.75. The Morgan fingerprint density at radius 1 is 0.750 bits per heavy atom. The van der Waals surface area contributed by atoms with Gasteiger partial charge in [0.15, 0.2) is 0 Å². The average Bonchev–Trinajstić information content (AvgIpc) is 3.32. The van der Waals surface area contributed by atoms with Gasteiger partial charge < -0.3 is 19.5 Å². The van der Waals surface area contributed by atoms with E-state index in [1.807, 2.05) is 54.7 Å². The largest absolute Gasteiger partial charge is 0.465 e. The highest BCUT2D eigenvalue weighted by Crippen LogP contribution is 2.40. The number of carbonyl (C=O) groups is 2. The fourth-order valence-electron chi connectivity index (χ4n) is 6.35. The minimum atomic E-state index is -0.886. The number of aliphatic hydroxyl groups excluding tert-OH is 1. The van der Waals surface area contributed by atoms with Crippen LogP contribution in [0.3, 0.4) is 0 Å². The van der Waals surface area contributed by atoms with Gasteiger partial charge in [-0.3, -0.25) is 14.9 Å². The first-order valence-electron chi connectivity index (χ1n) is 15.4. The van der Waals surface area contributed by atoms with Crippen molar-refractivity contribution in [2.24, 2.45) is 0 Å². The number of esters is 2. The van der Waals surface area contributed by atoms with E-state index in [2.05, 4.69) is 59.8 Å². The molecule has 1 aliphatic heterocycles. The van der Waals surface area contributed by atoms with Gasteiger partial charge in [-0.1, -0.05) is 48.5 Å². The quantitative estimate of drug-likeness (QED) is 0.245. The molecule has 3 aliphatic rings. The highest BCUT2D eigenvalue weighted by Gasteiger charge is 2.34. The molecule has 2 unspecified atom stereocenters. The van der Waals surface area contributed by atoms with Crippen LogP contribution in [0.5, 0.6) is 0 Å². The number of ether oxygens (including phenoxy) is 2. The van der Waals surface area contributed by atoms with E-state index in [1.54, 1.807) is 24.4 Å². The number of piperazine rings is 1. The number of pyridine rings is 2. The zero-order valence-corrected chi connectivity index (χ0v) is 29.9. The fraction of sp³-hybridized carbons (Fsp3) is 0.243. The van der Waals surface area contributed by atoms with Crippen molar-refractivity contribution in [3.05, 3.63) is 127 Å². The molecule has 48 heavy (non-hydrogen) atoms. The molecule has 9 nitrogen and oxygen atoms in total. The molecule has 2 aromatic carbocycles. The normalized spacial score (nSPS) is 18.5. The van der Waals surface area contributed by atoms with Gasteiger partial charge >= 0.3 is 11.9 Å². The number of nitrogens with zero attached hydrogens (tertiary/aromatic N) is 4. The lowest BCUT2D eigenvalue weighted by atomic mass is 9.93. The van der Waals surface area contributed by atoms with Crippen LogP contribution in [0.4, 0.5) is 0 Å². The predicted octanol–water partition coefficient (Wildman–Crippen LogP) is 6.16. The van der Waals surface area contributed by atoms with Crippen LogP contribution in [-0.2, 0) is 19.1 Å². The molecule has 2 atom stereocenters. The number of benzene rings is 2. The summed E-state index contributed by atoms with van der Waals surface area (Å²) in [6.45, 7) is 3.95. The first-order chi connectivity index (χ1) is 23.2. The van der Waals surface area contributed by atoms with E-state index >= 15 is 0 Å². The van der Waals surface area contributed by atoms with Crippen molar-refractivity contribution in [2.75, 3.05) is 47.4 Å². The molecule has 11 heteroatoms. The highest BCUT2D eigenvalue weighted by molar-refractivity contribution is 9.10. The van der Waals surface area contributed by atoms with Crippen LogP contribution in [0.1, 0.15) is 56.9 Å². The van der Waals surface area contributed by atoms with Crippen molar-refractivity contribution in [3.8, 4) is 0 Å². The van der Waals surface area contributed by atoms with Gasteiger partial charge in [0.2, 0.25) is 0 Å². The van der Waals surface area contributed by atoms with Crippen molar-refractivity contribution in [1.82, 2.24) is 19.8 Å². The van der Waals surface area contributed by atoms with Gasteiger partial charge in [0, 0.05) is 53.1 Å². The molecule has 2 aromatic heterocycles. The van der Waals surface area contributed by atoms with Gasteiger partial charge in [0.1, 0.15) is 6.10 Å². The summed E-state index contributed by atoms with van der Waals surface area (Å²) in [4.78, 5) is 38.5. The topological polar surface area (TPSA) is 105 Å². The Hall–Kier alpha value is -4.00. The standard InChI is InChI=1S/C21H22BrN3O2.C16H12BrNO3/c1-24-7-9-25(10-8-24)20-17-6-4-3-5-16(17)18(21(26)27-2)12-14-11-15(22)13-23-19(14)20;1-21-16(20)13-7-9-6-10(17)8-18-14(9)15(19)12-5-3-2-4-11(12)13/h3-6,11-13,20H,7-10H2,1-2H3;2-8,15,19H,1H3. The summed E-state index contributed by atoms with van der Waals surface area (Å²) in [6, 6.07) is 19.2. The molecule has 0 amide bonds. The van der Waals surface area contributed by atoms with Crippen LogP contribution in [-0.4, -0.2) is 84.3 Å². The Balaban J connectivity index is 0.000000173. The van der Waals surface area contributed by atoms with Crippen LogP contribution in [0.2, 0.25) is 0 Å². The Morgan fingerprint density at radius 3 is 1.79 bits per heavy atom. The van der Waals surface area contributed by atoms with Crippen molar-refractivity contribution in [2.45, 2.75) is 12.1 Å². The molecule has 1 saturated heterocycles. The first-order valence-corrected chi connectivity index (χ1v) is 17.0. The zero-order chi connectivity index (χ0) is 33.9. The molecule has 246 valence electrons. The van der Waals surface area contributed by atoms with Crippen molar-refractivity contribution in [3.63, 3.8) is 0 Å². The highest BCUT2D eigenvalue weighted by atomic mass is 79.9. The van der Waals surface area contributed by atoms with Crippen molar-refractivity contribution in [1.29, 1.82) is 0 Å². The van der Waals surface area contributed by atoms with E-state index in [0.29, 0.717) is 33.5 Å². The number of hydrogen-bond acceptors (Lipinski definition) is 9. The van der Waals surface area contributed by atoms with E-state index in [0.717, 1.165) is 57.5 Å². The minimum Gasteiger partial charge on any atom is -0.465 e. The zero-order valence-electron chi connectivity index (χ0n) is 26.7. The van der Waals surface area contributed by atoms with Crippen LogP contribution in [0.15, 0.2) is 82.0 Å². The molecule has 0 spiro atoms. The summed E-state index contributed by atoms with van der Waals surface area (Å²) in [7, 11) is 4.92. The van der Waals surface area contributed by atoms with Gasteiger partial charge in [-0.2, -0.15) is 0 Å². The molecule has 4 aromatic rings. The monoisotopic (exact) mass is 772 g/mol. The SMILES string of the molecule is COC(=O)C1=Cc2cc(Br)cnc2C(N2CCN(C)CC2)c2ccccc21.COC(=O)C1=Cc2cc(Br)cnc2C(O)c2ccccc21. The number of rotatable bonds is 3. The van der Waals surface area contributed by atoms with Gasteiger partial charge in [-0.25, -0.2) is 9.59 Å². The second-order valence-electron chi connectivity index (χ2n) is 11.7. The Morgan fingerprint density at radius 2 is 1.23 bits per heavy atom. The average molecular weight is 775 g/mol. The Bertz CT molecular complexity index is 1940. The molecular weight excluding hydrogens is 740 g/mol. The van der Waals surface area contributed by atoms with Crippen LogP contribution < -0.4 is 0 Å². The van der Waals surface area contributed by atoms with Gasteiger partial charge in [0.25, 0.3) is 0 Å². The Kier molecular flexibility index (Phi) is 10.3. The number of methoxy groups -OCH3 is 2. The molecule has 0 bridgehead atoms. The molecule has 2 aliphatic carbocycles. The first kappa shape index (κ1) is 33.9. The molecule has 7 rings (SSSR count). The number of aromatic nitrogens is 2. The summed E-state index contributed by atoms with van der Waals surface area (Å²) in [6.07, 6.45) is 6.19. The number of hydrogen-bond donors (Lipinski definition) is 1. The summed E-state index contributed by atoms with van der Waals surface area (Å²) >= 11 is 6.88. The molecule has 1 fully saturated rings. The summed E-state index contributed by atoms with van der Waals surface area (Å²) < 4.78 is 11.6. The van der Waals surface area contributed by atoms with Crippen LogP contribution in [0, 0.1) is 0 Å². The van der Waals surface area contributed by atoms with E-state index in [4.69, 9.17) is 14.5 Å². The molecule has 0 radical (unpaired) electrons. The van der Waals surface area contributed by atoms with Gasteiger partial charge in [-0.15, -0.1) is 0 Å². The van der Waals surface area contributed by atoms with E-state index < -0.39 is 12.1 Å². The van der Waals surface area contributed by atoms with Crippen molar-refractivity contribution < 1.29 is 24.2 Å². The van der Waals surface area contributed by atoms with E-state index in [9.17, 15) is 14.7 Å². The minimum absolute atomic E-state index is 0.0106. The maximum absolute atomic E-state index is 12.6. The molecular formula is C37H34Br2N4O5. The smallest absolute Gasteiger partial charge is 0.338 e. The lowest BCUT2D eigenvalue weighted by Gasteiger charge is -2.38. The van der Waals surface area contributed by atoms with Gasteiger partial charge in [-0.05, 0) is 91.0 Å². The summed E-state index contributed by atoms with van der Waals surface area (Å²) in [5.74, 6) is -0.769. The van der Waals surface area contributed by atoms with Crippen LogP contribution >= 0.6 is 31.9 Å². The number of carbonyl (C=O) groups excluding carboxylic acids is 2. The third-order valence-corrected chi connectivity index (χ3v) is 9.62. The van der Waals surface area contributed by atoms with E-state index in [1.165, 1.54) is 14.2 Å². The number of likely N-dealkylation sites (N-methyl/N-ethyl adjacent to an activating group) is 1. The number of aliphatic hydroxyl groups is 1. The maximum Gasteiger partial charge on any atom is 0.338 e. The maximum atomic E-state index is 12.6. The van der Waals surface area contributed by atoms with Crippen LogP contribution in [0.25, 0.3) is 23.3 Å². The molecule has 3 heterocycles. The summed E-state index contributed by atoms with van der Waals surface area (Å²) in [5, 5.41) is 10.6. The fourth-order valence-corrected chi connectivity index (χ4v) is 7.05. The van der Waals surface area contributed by atoms with E-state index in [-0.39, 0.29) is 12.0 Å². The lowest BCUT2D eigenvalue weighted by molar-refractivity contribution is -0.134. The van der Waals surface area contributed by atoms with Gasteiger partial charge in [0.05, 0.1) is 42.8 Å². The predicted molar refractivity (Wildman–Crippen MR) is 192 cm³/mol. The number of fused-ring (bicyclic) bond motifs is 4. The third kappa shape index (κ3) is 6.79. The van der Waals surface area contributed by atoms with Crippen molar-refractivity contribution >= 4 is 67.1 Å².